The van der Waals surface area contributed by atoms with Crippen LogP contribution in [0.1, 0.15) is 0 Å². The highest BCUT2D eigenvalue weighted by molar-refractivity contribution is 7.25. The molecule has 246 valence electrons. The first kappa shape index (κ1) is 29.9. The second kappa shape index (κ2) is 11.9. The number of benzene rings is 9. The summed E-state index contributed by atoms with van der Waals surface area (Å²) >= 11 is 1.80. The summed E-state index contributed by atoms with van der Waals surface area (Å²) in [6, 6.07) is 62.8. The van der Waals surface area contributed by atoms with Crippen molar-refractivity contribution in [2.75, 3.05) is 0 Å². The minimum atomic E-state index is 0.651. The zero-order valence-electron chi connectivity index (χ0n) is 28.5. The number of hydrogen-bond acceptors (Lipinski definition) is 4. The molecule has 0 saturated carbocycles. The second-order valence-corrected chi connectivity index (χ2v) is 14.6. The van der Waals surface area contributed by atoms with Gasteiger partial charge in [-0.2, -0.15) is 0 Å². The van der Waals surface area contributed by atoms with Crippen LogP contribution in [-0.2, 0) is 0 Å². The lowest BCUT2D eigenvalue weighted by Crippen LogP contribution is -2.00. The number of rotatable bonds is 4. The maximum Gasteiger partial charge on any atom is 0.164 e. The van der Waals surface area contributed by atoms with Gasteiger partial charge in [-0.3, -0.25) is 0 Å². The van der Waals surface area contributed by atoms with Gasteiger partial charge in [0.05, 0.1) is 0 Å². The molecule has 53 heavy (non-hydrogen) atoms. The highest BCUT2D eigenvalue weighted by atomic mass is 32.1. The van der Waals surface area contributed by atoms with Crippen molar-refractivity contribution in [3.63, 3.8) is 0 Å². The molecule has 3 nitrogen and oxygen atoms in total. The van der Waals surface area contributed by atoms with Gasteiger partial charge in [0, 0.05) is 36.9 Å². The van der Waals surface area contributed by atoms with Gasteiger partial charge in [-0.1, -0.05) is 158 Å². The smallest absolute Gasteiger partial charge is 0.164 e. The molecule has 11 aromatic rings. The van der Waals surface area contributed by atoms with E-state index in [4.69, 9.17) is 15.0 Å². The third-order valence-corrected chi connectivity index (χ3v) is 11.6. The molecule has 0 aliphatic carbocycles. The maximum absolute atomic E-state index is 5.10. The zero-order chi connectivity index (χ0) is 34.9. The van der Waals surface area contributed by atoms with Crippen molar-refractivity contribution in [1.82, 2.24) is 15.0 Å². The van der Waals surface area contributed by atoms with Crippen LogP contribution in [-0.4, -0.2) is 15.0 Å². The first-order valence-corrected chi connectivity index (χ1v) is 18.7. The molecule has 2 heterocycles. The third-order valence-electron chi connectivity index (χ3n) is 10.5. The van der Waals surface area contributed by atoms with Crippen LogP contribution in [0.15, 0.2) is 176 Å². The Bertz CT molecular complexity index is 3220. The average Bonchev–Trinajstić information content (AvgIpc) is 3.61. The first-order valence-electron chi connectivity index (χ1n) is 17.9. The largest absolute Gasteiger partial charge is 0.208 e. The molecule has 0 spiro atoms. The highest BCUT2D eigenvalue weighted by Gasteiger charge is 2.17. The van der Waals surface area contributed by atoms with Gasteiger partial charge in [-0.05, 0) is 72.4 Å². The molecule has 0 N–H and O–H groups in total. The second-order valence-electron chi connectivity index (χ2n) is 13.5. The van der Waals surface area contributed by atoms with Crippen LogP contribution >= 0.6 is 11.3 Å². The van der Waals surface area contributed by atoms with Gasteiger partial charge in [0.2, 0.25) is 0 Å². The van der Waals surface area contributed by atoms with Crippen LogP contribution in [0, 0.1) is 0 Å². The lowest BCUT2D eigenvalue weighted by atomic mass is 9.87. The number of aromatic nitrogens is 3. The predicted molar refractivity (Wildman–Crippen MR) is 224 cm³/mol. The number of nitrogens with zero attached hydrogens (tertiary/aromatic N) is 3. The minimum Gasteiger partial charge on any atom is -0.208 e. The highest BCUT2D eigenvalue weighted by Crippen LogP contribution is 2.43. The van der Waals surface area contributed by atoms with E-state index in [-0.39, 0.29) is 0 Å². The van der Waals surface area contributed by atoms with E-state index in [1.165, 1.54) is 68.8 Å². The summed E-state index contributed by atoms with van der Waals surface area (Å²) in [5, 5.41) is 12.7. The van der Waals surface area contributed by atoms with Gasteiger partial charge in [-0.25, -0.2) is 15.0 Å². The van der Waals surface area contributed by atoms with E-state index in [1.54, 1.807) is 11.3 Å². The Balaban J connectivity index is 1.07. The van der Waals surface area contributed by atoms with E-state index in [9.17, 15) is 0 Å². The molecule has 0 amide bonds. The van der Waals surface area contributed by atoms with Crippen LogP contribution < -0.4 is 0 Å². The molecule has 0 atom stereocenters. The Labute approximate surface area is 309 Å². The van der Waals surface area contributed by atoms with Gasteiger partial charge in [0.1, 0.15) is 0 Å². The van der Waals surface area contributed by atoms with Gasteiger partial charge >= 0.3 is 0 Å². The monoisotopic (exact) mass is 691 g/mol. The number of thiophene rings is 1. The molecule has 0 fully saturated rings. The van der Waals surface area contributed by atoms with E-state index in [1.807, 2.05) is 18.2 Å². The van der Waals surface area contributed by atoms with Crippen molar-refractivity contribution < 1.29 is 0 Å². The van der Waals surface area contributed by atoms with Crippen molar-refractivity contribution in [2.24, 2.45) is 0 Å². The van der Waals surface area contributed by atoms with Crippen molar-refractivity contribution in [2.45, 2.75) is 0 Å². The van der Waals surface area contributed by atoms with E-state index in [0.29, 0.717) is 17.5 Å². The Hall–Kier alpha value is -6.75. The van der Waals surface area contributed by atoms with Crippen LogP contribution in [0.5, 0.6) is 0 Å². The standard InChI is InChI=1S/C49H29N3S/c1-2-12-31(13-3-1)47-50-48(52-49(51-47)33-26-27-39-38-18-10-11-21-44(38)53-45(39)28-33)32-24-22-30(23-25-32)42-29-43-36-16-5-4-14-34(36)35-15-6-8-19-40(35)46(43)41-20-9-7-17-37(41)42/h1-29H. The Morgan fingerprint density at radius 1 is 0.283 bits per heavy atom. The molecule has 2 aromatic heterocycles. The summed E-state index contributed by atoms with van der Waals surface area (Å²) in [6.45, 7) is 0. The SMILES string of the molecule is c1ccc(-c2nc(-c3ccc(-c4cc5c6ccccc6c6ccccc6c5c5ccccc45)cc3)nc(-c3ccc4c(c3)sc3ccccc34)n2)cc1. The topological polar surface area (TPSA) is 38.7 Å². The Morgan fingerprint density at radius 2 is 0.736 bits per heavy atom. The summed E-state index contributed by atoms with van der Waals surface area (Å²) in [6.07, 6.45) is 0. The average molecular weight is 692 g/mol. The molecule has 0 radical (unpaired) electrons. The minimum absolute atomic E-state index is 0.651. The van der Waals surface area contributed by atoms with Gasteiger partial charge in [-0.15, -0.1) is 11.3 Å². The van der Waals surface area contributed by atoms with Crippen molar-refractivity contribution in [3.8, 4) is 45.3 Å². The summed E-state index contributed by atoms with van der Waals surface area (Å²) < 4.78 is 2.50. The molecular formula is C49H29N3S. The van der Waals surface area contributed by atoms with Crippen molar-refractivity contribution in [3.05, 3.63) is 176 Å². The lowest BCUT2D eigenvalue weighted by molar-refractivity contribution is 1.07. The van der Waals surface area contributed by atoms with E-state index < -0.39 is 0 Å². The van der Waals surface area contributed by atoms with Crippen LogP contribution in [0.2, 0.25) is 0 Å². The normalized spacial score (nSPS) is 11.8. The lowest BCUT2D eigenvalue weighted by Gasteiger charge is -2.16. The molecule has 0 unspecified atom stereocenters. The summed E-state index contributed by atoms with van der Waals surface area (Å²) in [7, 11) is 0. The first-order chi connectivity index (χ1) is 26.3. The maximum atomic E-state index is 5.10. The van der Waals surface area contributed by atoms with E-state index in [0.717, 1.165) is 22.3 Å². The van der Waals surface area contributed by atoms with E-state index in [2.05, 4.69) is 158 Å². The van der Waals surface area contributed by atoms with Crippen molar-refractivity contribution >= 4 is 74.6 Å². The molecule has 0 aliphatic rings. The van der Waals surface area contributed by atoms with Gasteiger partial charge < -0.3 is 0 Å². The Morgan fingerprint density at radius 3 is 1.43 bits per heavy atom. The van der Waals surface area contributed by atoms with Crippen LogP contribution in [0.4, 0.5) is 0 Å². The fourth-order valence-electron chi connectivity index (χ4n) is 8.02. The molecule has 0 aliphatic heterocycles. The molecular weight excluding hydrogens is 663 g/mol. The molecule has 11 rings (SSSR count). The number of hydrogen-bond donors (Lipinski definition) is 0. The summed E-state index contributed by atoms with van der Waals surface area (Å²) in [5.41, 5.74) is 5.23. The summed E-state index contributed by atoms with van der Waals surface area (Å²) in [5.74, 6) is 1.97. The zero-order valence-corrected chi connectivity index (χ0v) is 29.3. The quantitative estimate of drug-likeness (QED) is 0.172. The van der Waals surface area contributed by atoms with Crippen LogP contribution in [0.25, 0.3) is 109 Å². The molecule has 4 heteroatoms. The molecule has 0 bridgehead atoms. The number of fused-ring (bicyclic) bond motifs is 11. The molecule has 0 saturated heterocycles. The van der Waals surface area contributed by atoms with Gasteiger partial charge in [0.25, 0.3) is 0 Å². The fourth-order valence-corrected chi connectivity index (χ4v) is 9.17. The van der Waals surface area contributed by atoms with Crippen LogP contribution in [0.3, 0.4) is 0 Å². The van der Waals surface area contributed by atoms with Gasteiger partial charge in [0.15, 0.2) is 17.5 Å². The summed E-state index contributed by atoms with van der Waals surface area (Å²) in [4.78, 5) is 15.1. The predicted octanol–water partition coefficient (Wildman–Crippen LogP) is 13.5. The van der Waals surface area contributed by atoms with E-state index >= 15 is 0 Å². The third kappa shape index (κ3) is 4.84. The Kier molecular flexibility index (Phi) is 6.73. The molecule has 9 aromatic carbocycles. The van der Waals surface area contributed by atoms with Crippen molar-refractivity contribution in [1.29, 1.82) is 0 Å². The fraction of sp³-hybridized carbons (Fsp3) is 0.